The van der Waals surface area contributed by atoms with E-state index in [0.29, 0.717) is 31.5 Å². The number of morpholine rings is 1. The summed E-state index contributed by atoms with van der Waals surface area (Å²) in [5.74, 6) is -3.48. The predicted molar refractivity (Wildman–Crippen MR) is 143 cm³/mol. The number of carboxylic acids is 1. The quantitative estimate of drug-likeness (QED) is 0.382. The molecule has 210 valence electrons. The summed E-state index contributed by atoms with van der Waals surface area (Å²) in [7, 11) is 0. The molecule has 39 heavy (non-hydrogen) atoms. The zero-order valence-electron chi connectivity index (χ0n) is 21.3. The van der Waals surface area contributed by atoms with E-state index in [2.05, 4.69) is 9.89 Å². The van der Waals surface area contributed by atoms with Gasteiger partial charge in [0, 0.05) is 36.3 Å². The molecule has 4 aliphatic rings. The fraction of sp³-hybridized carbons (Fsp3) is 0.538. The number of nitrogens with zero attached hydrogens (tertiary/aromatic N) is 4. The van der Waals surface area contributed by atoms with Crippen LogP contribution in [0.3, 0.4) is 0 Å². The van der Waals surface area contributed by atoms with Crippen molar-refractivity contribution in [2.45, 2.75) is 49.6 Å². The van der Waals surface area contributed by atoms with E-state index in [1.54, 1.807) is 13.3 Å². The Morgan fingerprint density at radius 3 is 2.69 bits per heavy atom. The normalized spacial score (nSPS) is 28.7. The van der Waals surface area contributed by atoms with Gasteiger partial charge in [-0.2, -0.15) is 0 Å². The fourth-order valence-corrected chi connectivity index (χ4v) is 7.10. The van der Waals surface area contributed by atoms with E-state index in [1.165, 1.54) is 17.8 Å². The number of thioether (sulfide) groups is 1. The van der Waals surface area contributed by atoms with Crippen molar-refractivity contribution >= 4 is 46.8 Å². The number of carboxylic acid groups (broad SMARTS) is 1. The molecule has 2 bridgehead atoms. The number of benzene rings is 1. The number of fused-ring (bicyclic) bond motifs is 2. The molecule has 1 N–H and O–H groups in total. The zero-order chi connectivity index (χ0) is 27.7. The van der Waals surface area contributed by atoms with Gasteiger partial charge in [0.25, 0.3) is 0 Å². The fourth-order valence-electron chi connectivity index (χ4n) is 5.65. The Kier molecular flexibility index (Phi) is 8.55. The molecule has 4 heterocycles. The molecule has 2 saturated heterocycles. The summed E-state index contributed by atoms with van der Waals surface area (Å²) in [6, 6.07) is 1.60. The highest BCUT2D eigenvalue weighted by molar-refractivity contribution is 8.15. The number of rotatable bonds is 7. The summed E-state index contributed by atoms with van der Waals surface area (Å²) in [5, 5.41) is 8.49. The Balaban J connectivity index is 1.40. The molecule has 0 spiro atoms. The van der Waals surface area contributed by atoms with E-state index in [9.17, 15) is 23.5 Å². The minimum atomic E-state index is -1.19. The SMILES string of the molecule is CCOC(=O)[C@@H]1SC(N2C=NCC=C2CN2[C@@H]3COC[C@H]2CC(CC(=O)O)C3)=N[C@@H]1c1ccc(F)c(F)c1Cl. The predicted octanol–water partition coefficient (Wildman–Crippen LogP) is 3.88. The third-order valence-electron chi connectivity index (χ3n) is 7.39. The number of aliphatic imine (C=N–C) groups is 2. The number of esters is 1. The molecule has 0 aromatic heterocycles. The number of amidine groups is 1. The van der Waals surface area contributed by atoms with Gasteiger partial charge in [-0.1, -0.05) is 29.4 Å². The Bertz CT molecular complexity index is 1220. The van der Waals surface area contributed by atoms with E-state index in [1.807, 2.05) is 11.0 Å². The van der Waals surface area contributed by atoms with Crippen LogP contribution in [-0.2, 0) is 19.1 Å². The summed E-state index contributed by atoms with van der Waals surface area (Å²) in [6.45, 7) is 3.95. The third kappa shape index (κ3) is 5.84. The molecule has 9 nitrogen and oxygen atoms in total. The Morgan fingerprint density at radius 1 is 1.26 bits per heavy atom. The van der Waals surface area contributed by atoms with Crippen molar-refractivity contribution in [3.63, 3.8) is 0 Å². The second-order valence-electron chi connectivity index (χ2n) is 9.91. The first-order valence-corrected chi connectivity index (χ1v) is 14.1. The van der Waals surface area contributed by atoms with Gasteiger partial charge in [0.1, 0.15) is 11.3 Å². The lowest BCUT2D eigenvalue weighted by molar-refractivity contribution is -0.143. The summed E-state index contributed by atoms with van der Waals surface area (Å²) in [6.07, 6.45) is 5.27. The monoisotopic (exact) mass is 582 g/mol. The molecule has 5 rings (SSSR count). The van der Waals surface area contributed by atoms with E-state index in [0.717, 1.165) is 24.6 Å². The molecule has 0 radical (unpaired) electrons. The van der Waals surface area contributed by atoms with Gasteiger partial charge >= 0.3 is 11.9 Å². The Labute approximate surface area is 233 Å². The molecule has 0 saturated carbocycles. The van der Waals surface area contributed by atoms with Crippen molar-refractivity contribution in [1.29, 1.82) is 0 Å². The molecular weight excluding hydrogens is 554 g/mol. The first-order chi connectivity index (χ1) is 18.8. The largest absolute Gasteiger partial charge is 0.481 e. The number of hydrogen-bond acceptors (Lipinski definition) is 9. The van der Waals surface area contributed by atoms with E-state index in [4.69, 9.17) is 26.1 Å². The molecule has 1 aromatic rings. The molecule has 13 heteroatoms. The topological polar surface area (TPSA) is 104 Å². The average Bonchev–Trinajstić information content (AvgIpc) is 3.33. The van der Waals surface area contributed by atoms with Crippen molar-refractivity contribution in [2.24, 2.45) is 15.9 Å². The molecule has 2 fully saturated rings. The number of hydrogen-bond donors (Lipinski definition) is 1. The van der Waals surface area contributed by atoms with Crippen molar-refractivity contribution in [1.82, 2.24) is 9.80 Å². The minimum Gasteiger partial charge on any atom is -0.481 e. The maximum Gasteiger partial charge on any atom is 0.322 e. The van der Waals surface area contributed by atoms with Gasteiger partial charge in [-0.25, -0.2) is 8.78 Å². The van der Waals surface area contributed by atoms with E-state index in [-0.39, 0.29) is 36.6 Å². The number of carbonyl (C=O) groups is 2. The second-order valence-corrected chi connectivity index (χ2v) is 11.4. The first-order valence-electron chi connectivity index (χ1n) is 12.8. The molecular formula is C26H29ClF2N4O5S. The highest BCUT2D eigenvalue weighted by Gasteiger charge is 2.44. The lowest BCUT2D eigenvalue weighted by Gasteiger charge is -2.49. The van der Waals surface area contributed by atoms with E-state index >= 15 is 0 Å². The second kappa shape index (κ2) is 11.9. The number of aliphatic carboxylic acids is 1. The zero-order valence-corrected chi connectivity index (χ0v) is 22.8. The van der Waals surface area contributed by atoms with Crippen LogP contribution >= 0.6 is 23.4 Å². The van der Waals surface area contributed by atoms with Crippen molar-refractivity contribution < 1.29 is 33.0 Å². The van der Waals surface area contributed by atoms with Gasteiger partial charge in [0.15, 0.2) is 16.8 Å². The molecule has 0 aliphatic carbocycles. The number of ether oxygens (including phenoxy) is 2. The van der Waals surface area contributed by atoms with Gasteiger partial charge in [-0.15, -0.1) is 0 Å². The highest BCUT2D eigenvalue weighted by atomic mass is 35.5. The Hall–Kier alpha value is -2.54. The lowest BCUT2D eigenvalue weighted by atomic mass is 9.83. The smallest absolute Gasteiger partial charge is 0.322 e. The maximum absolute atomic E-state index is 14.3. The standard InChI is InChI=1S/C26H29ClF2N4O5S/c1-2-38-25(36)24-23(18-3-4-19(28)22(29)21(18)27)31-26(39-24)33-13-30-6-5-15(33)10-32-16-7-14(9-20(34)35)8-17(32)12-37-11-16/h3-5,13-14,16-17,23-24H,2,6-12H2,1H3,(H,34,35)/t14?,16-,17+,23-,24-/m1/s1. The van der Waals surface area contributed by atoms with Crippen molar-refractivity contribution in [2.75, 3.05) is 32.9 Å². The van der Waals surface area contributed by atoms with Crippen LogP contribution in [0.1, 0.15) is 37.8 Å². The number of carbonyl (C=O) groups excluding carboxylic acids is 1. The minimum absolute atomic E-state index is 0.0858. The van der Waals surface area contributed by atoms with Crippen molar-refractivity contribution in [3.8, 4) is 0 Å². The van der Waals surface area contributed by atoms with E-state index < -0.39 is 39.9 Å². The maximum atomic E-state index is 14.3. The molecule has 5 atom stereocenters. The van der Waals surface area contributed by atoms with Crippen LogP contribution < -0.4 is 0 Å². The third-order valence-corrected chi connectivity index (χ3v) is 8.99. The summed E-state index contributed by atoms with van der Waals surface area (Å²) < 4.78 is 39.2. The summed E-state index contributed by atoms with van der Waals surface area (Å²) in [5.41, 5.74) is 1.10. The van der Waals surface area contributed by atoms with Crippen LogP contribution in [0, 0.1) is 17.6 Å². The molecule has 1 aromatic carbocycles. The van der Waals surface area contributed by atoms with Crippen LogP contribution in [-0.4, -0.2) is 88.6 Å². The van der Waals surface area contributed by atoms with Gasteiger partial charge in [-0.3, -0.25) is 29.4 Å². The van der Waals surface area contributed by atoms with Crippen LogP contribution in [0.15, 0.2) is 33.9 Å². The Morgan fingerprint density at radius 2 is 2.00 bits per heavy atom. The average molecular weight is 583 g/mol. The van der Waals surface area contributed by atoms with Crippen LogP contribution in [0.4, 0.5) is 8.78 Å². The first kappa shape index (κ1) is 28.0. The van der Waals surface area contributed by atoms with Gasteiger partial charge in [0.2, 0.25) is 0 Å². The number of halogens is 3. The van der Waals surface area contributed by atoms with Gasteiger partial charge in [0.05, 0.1) is 37.7 Å². The summed E-state index contributed by atoms with van der Waals surface area (Å²) in [4.78, 5) is 37.5. The van der Waals surface area contributed by atoms with Crippen LogP contribution in [0.5, 0.6) is 0 Å². The lowest BCUT2D eigenvalue weighted by Crippen LogP contribution is -2.58. The van der Waals surface area contributed by atoms with Crippen molar-refractivity contribution in [3.05, 3.63) is 46.1 Å². The summed E-state index contributed by atoms with van der Waals surface area (Å²) >= 11 is 7.33. The van der Waals surface area contributed by atoms with Gasteiger partial charge in [-0.05, 0) is 37.8 Å². The van der Waals surface area contributed by atoms with Crippen LogP contribution in [0.25, 0.3) is 0 Å². The molecule has 4 aliphatic heterocycles. The highest BCUT2D eigenvalue weighted by Crippen LogP contribution is 2.43. The van der Waals surface area contributed by atoms with Crippen LogP contribution in [0.2, 0.25) is 5.02 Å². The number of piperidine rings is 1. The molecule has 1 unspecified atom stereocenters. The molecule has 0 amide bonds. The van der Waals surface area contributed by atoms with Gasteiger partial charge < -0.3 is 14.6 Å².